The topological polar surface area (TPSA) is 64.6 Å². The maximum atomic E-state index is 10.5. The molecule has 0 aliphatic carbocycles. The number of cyclic esters (lactones) is 1. The third-order valence-corrected chi connectivity index (χ3v) is 1.35. The van der Waals surface area contributed by atoms with Crippen LogP contribution < -0.4 is 5.32 Å². The summed E-state index contributed by atoms with van der Waals surface area (Å²) in [4.78, 5) is 21.1. The van der Waals surface area contributed by atoms with E-state index in [9.17, 15) is 9.59 Å². The predicted molar refractivity (Wildman–Crippen MR) is 34.7 cm³/mol. The van der Waals surface area contributed by atoms with E-state index in [0.717, 1.165) is 0 Å². The van der Waals surface area contributed by atoms with E-state index in [1.807, 2.05) is 0 Å². The number of nitrogens with one attached hydrogen (secondary N) is 1. The Labute approximate surface area is 63.7 Å². The molecule has 0 spiro atoms. The van der Waals surface area contributed by atoms with Gasteiger partial charge in [0.05, 0.1) is 13.5 Å². The monoisotopic (exact) mass is 159 g/mol. The molecule has 1 aliphatic rings. The van der Waals surface area contributed by atoms with Gasteiger partial charge in [0.25, 0.3) is 0 Å². The number of rotatable bonds is 1. The van der Waals surface area contributed by atoms with Crippen LogP contribution in [0.1, 0.15) is 12.8 Å². The zero-order valence-corrected chi connectivity index (χ0v) is 6.12. The van der Waals surface area contributed by atoms with Crippen molar-refractivity contribution in [1.29, 1.82) is 0 Å². The molecule has 1 rings (SSSR count). The highest BCUT2D eigenvalue weighted by atomic mass is 16.6. The first kappa shape index (κ1) is 7.84. The lowest BCUT2D eigenvalue weighted by Crippen LogP contribution is -2.34. The van der Waals surface area contributed by atoms with Crippen LogP contribution in [0.3, 0.4) is 0 Å². The number of ether oxygens (including phenoxy) is 2. The number of methoxy groups -OCH3 is 1. The average Bonchev–Trinajstić information content (AvgIpc) is 2.35. The van der Waals surface area contributed by atoms with Crippen LogP contribution in [0.2, 0.25) is 0 Å². The lowest BCUT2D eigenvalue weighted by atomic mass is 10.3. The van der Waals surface area contributed by atoms with Gasteiger partial charge in [0.2, 0.25) is 0 Å². The van der Waals surface area contributed by atoms with E-state index in [1.165, 1.54) is 7.11 Å². The van der Waals surface area contributed by atoms with Crippen molar-refractivity contribution in [2.75, 3.05) is 7.11 Å². The summed E-state index contributed by atoms with van der Waals surface area (Å²) in [6, 6.07) is 0. The van der Waals surface area contributed by atoms with Gasteiger partial charge < -0.3 is 9.47 Å². The molecule has 1 amide bonds. The smallest absolute Gasteiger partial charge is 0.409 e. The first-order chi connectivity index (χ1) is 5.22. The van der Waals surface area contributed by atoms with Gasteiger partial charge in [-0.3, -0.25) is 10.1 Å². The van der Waals surface area contributed by atoms with E-state index in [-0.39, 0.29) is 5.97 Å². The fourth-order valence-corrected chi connectivity index (χ4v) is 0.817. The number of alkyl carbamates (subject to hydrolysis) is 1. The van der Waals surface area contributed by atoms with E-state index < -0.39 is 12.3 Å². The molecule has 5 nitrogen and oxygen atoms in total. The maximum Gasteiger partial charge on any atom is 0.409 e. The number of carbonyl (C=O) groups excluding carboxylic acids is 2. The summed E-state index contributed by atoms with van der Waals surface area (Å²) in [6.45, 7) is 0. The standard InChI is InChI=1S/C6H9NO4/c1-10-6(9)7-4-2-3-5(8)11-4/h4H,2-3H2,1H3,(H,7,9). The molecule has 1 heterocycles. The van der Waals surface area contributed by atoms with Crippen molar-refractivity contribution in [1.82, 2.24) is 5.32 Å². The van der Waals surface area contributed by atoms with Gasteiger partial charge >= 0.3 is 12.1 Å². The van der Waals surface area contributed by atoms with Gasteiger partial charge in [-0.2, -0.15) is 0 Å². The Morgan fingerprint density at radius 2 is 2.55 bits per heavy atom. The third-order valence-electron chi connectivity index (χ3n) is 1.35. The van der Waals surface area contributed by atoms with Crippen LogP contribution in [-0.4, -0.2) is 25.4 Å². The van der Waals surface area contributed by atoms with Gasteiger partial charge in [-0.15, -0.1) is 0 Å². The molecule has 0 aromatic heterocycles. The average molecular weight is 159 g/mol. The number of carbonyl (C=O) groups is 2. The quantitative estimate of drug-likeness (QED) is 0.547. The fourth-order valence-electron chi connectivity index (χ4n) is 0.817. The van der Waals surface area contributed by atoms with Gasteiger partial charge in [0.1, 0.15) is 0 Å². The molecule has 1 unspecified atom stereocenters. The first-order valence-corrected chi connectivity index (χ1v) is 3.26. The van der Waals surface area contributed by atoms with E-state index in [0.29, 0.717) is 12.8 Å². The fraction of sp³-hybridized carbons (Fsp3) is 0.667. The van der Waals surface area contributed by atoms with Gasteiger partial charge in [0, 0.05) is 6.42 Å². The van der Waals surface area contributed by atoms with Crippen molar-refractivity contribution in [3.63, 3.8) is 0 Å². The Morgan fingerprint density at radius 3 is 3.00 bits per heavy atom. The van der Waals surface area contributed by atoms with Gasteiger partial charge in [-0.1, -0.05) is 0 Å². The second kappa shape index (κ2) is 3.23. The van der Waals surface area contributed by atoms with Crippen LogP contribution in [0.5, 0.6) is 0 Å². The Kier molecular flexibility index (Phi) is 2.30. The van der Waals surface area contributed by atoms with Crippen molar-refractivity contribution in [3.05, 3.63) is 0 Å². The molecule has 0 saturated carbocycles. The van der Waals surface area contributed by atoms with Gasteiger partial charge in [-0.05, 0) is 0 Å². The summed E-state index contributed by atoms with van der Waals surface area (Å²) in [5, 5.41) is 2.35. The molecule has 5 heteroatoms. The van der Waals surface area contributed by atoms with Crippen LogP contribution in [0.15, 0.2) is 0 Å². The Balaban J connectivity index is 2.28. The van der Waals surface area contributed by atoms with E-state index in [2.05, 4.69) is 14.8 Å². The summed E-state index contributed by atoms with van der Waals surface area (Å²) in [5.74, 6) is -0.286. The second-order valence-electron chi connectivity index (χ2n) is 2.15. The molecule has 62 valence electrons. The highest BCUT2D eigenvalue weighted by molar-refractivity contribution is 5.73. The number of hydrogen-bond acceptors (Lipinski definition) is 4. The molecule has 0 radical (unpaired) electrons. The largest absolute Gasteiger partial charge is 0.453 e. The molecule has 11 heavy (non-hydrogen) atoms. The summed E-state index contributed by atoms with van der Waals surface area (Å²) in [5.41, 5.74) is 0. The molecule has 1 aliphatic heterocycles. The highest BCUT2D eigenvalue weighted by Crippen LogP contribution is 2.10. The SMILES string of the molecule is COC(=O)NC1CCC(=O)O1. The van der Waals surface area contributed by atoms with Crippen molar-refractivity contribution >= 4 is 12.1 Å². The zero-order valence-electron chi connectivity index (χ0n) is 6.12. The molecular formula is C6H9NO4. The summed E-state index contributed by atoms with van der Waals surface area (Å²) in [7, 11) is 1.26. The van der Waals surface area contributed by atoms with E-state index in [4.69, 9.17) is 0 Å². The first-order valence-electron chi connectivity index (χ1n) is 3.26. The van der Waals surface area contributed by atoms with Crippen LogP contribution >= 0.6 is 0 Å². The van der Waals surface area contributed by atoms with Gasteiger partial charge in [0.15, 0.2) is 6.23 Å². The molecule has 0 bridgehead atoms. The molecule has 1 atom stereocenters. The summed E-state index contributed by atoms with van der Waals surface area (Å²) in [6.07, 6.45) is -0.206. The summed E-state index contributed by atoms with van der Waals surface area (Å²) >= 11 is 0. The minimum absolute atomic E-state index is 0.286. The zero-order chi connectivity index (χ0) is 8.27. The summed E-state index contributed by atoms with van der Waals surface area (Å²) < 4.78 is 8.99. The normalized spacial score (nSPS) is 22.6. The minimum Gasteiger partial charge on any atom is -0.453 e. The molecule has 0 aromatic carbocycles. The Bertz CT molecular complexity index is 179. The van der Waals surface area contributed by atoms with Crippen molar-refractivity contribution in [3.8, 4) is 0 Å². The molecule has 1 fully saturated rings. The van der Waals surface area contributed by atoms with E-state index in [1.54, 1.807) is 0 Å². The van der Waals surface area contributed by atoms with Crippen LogP contribution in [0.25, 0.3) is 0 Å². The molecular weight excluding hydrogens is 150 g/mol. The molecule has 1 N–H and O–H groups in total. The van der Waals surface area contributed by atoms with Crippen LogP contribution in [0, 0.1) is 0 Å². The van der Waals surface area contributed by atoms with E-state index >= 15 is 0 Å². The van der Waals surface area contributed by atoms with Crippen LogP contribution in [-0.2, 0) is 14.3 Å². The highest BCUT2D eigenvalue weighted by Gasteiger charge is 2.24. The number of amides is 1. The van der Waals surface area contributed by atoms with Crippen molar-refractivity contribution < 1.29 is 19.1 Å². The third kappa shape index (κ3) is 2.10. The van der Waals surface area contributed by atoms with Crippen molar-refractivity contribution in [2.24, 2.45) is 0 Å². The lowest BCUT2D eigenvalue weighted by molar-refractivity contribution is -0.142. The molecule has 0 aromatic rings. The molecule has 1 saturated heterocycles. The number of hydrogen-bond donors (Lipinski definition) is 1. The van der Waals surface area contributed by atoms with Crippen molar-refractivity contribution in [2.45, 2.75) is 19.1 Å². The Hall–Kier alpha value is -1.26. The predicted octanol–water partition coefficient (Wildman–Crippen LogP) is 0.00550. The minimum atomic E-state index is -0.579. The van der Waals surface area contributed by atoms with Crippen LogP contribution in [0.4, 0.5) is 4.79 Å². The lowest BCUT2D eigenvalue weighted by Gasteiger charge is -2.09. The second-order valence-corrected chi connectivity index (χ2v) is 2.15. The van der Waals surface area contributed by atoms with Gasteiger partial charge in [-0.25, -0.2) is 4.79 Å². The Morgan fingerprint density at radius 1 is 1.82 bits per heavy atom. The maximum absolute atomic E-state index is 10.5. The number of esters is 1.